The summed E-state index contributed by atoms with van der Waals surface area (Å²) in [5.41, 5.74) is 2.21. The van der Waals surface area contributed by atoms with Crippen molar-refractivity contribution < 1.29 is 9.18 Å². The molecule has 0 aromatic heterocycles. The van der Waals surface area contributed by atoms with E-state index in [-0.39, 0.29) is 11.7 Å². The van der Waals surface area contributed by atoms with Crippen LogP contribution >= 0.6 is 0 Å². The normalized spacial score (nSPS) is 16.4. The second-order valence-electron chi connectivity index (χ2n) is 5.56. The highest BCUT2D eigenvalue weighted by Gasteiger charge is 2.19. The fourth-order valence-electron chi connectivity index (χ4n) is 2.75. The number of likely N-dealkylation sites (tertiary alicyclic amines) is 1. The van der Waals surface area contributed by atoms with Crippen molar-refractivity contribution in [2.45, 2.75) is 39.2 Å². The quantitative estimate of drug-likeness (QED) is 0.916. The van der Waals surface area contributed by atoms with E-state index in [1.165, 1.54) is 11.6 Å². The fourth-order valence-corrected chi connectivity index (χ4v) is 2.75. The number of benzene rings is 1. The summed E-state index contributed by atoms with van der Waals surface area (Å²) in [6.45, 7) is 6.18. The smallest absolute Gasteiger partial charge is 0.219 e. The van der Waals surface area contributed by atoms with Gasteiger partial charge in [0.1, 0.15) is 5.82 Å². The second kappa shape index (κ2) is 6.84. The molecule has 1 N–H and O–H groups in total. The van der Waals surface area contributed by atoms with Crippen molar-refractivity contribution in [2.24, 2.45) is 0 Å². The zero-order valence-corrected chi connectivity index (χ0v) is 12.3. The van der Waals surface area contributed by atoms with Gasteiger partial charge in [0.2, 0.25) is 5.91 Å². The third kappa shape index (κ3) is 4.04. The molecule has 1 fully saturated rings. The van der Waals surface area contributed by atoms with Crippen LogP contribution in [0.25, 0.3) is 0 Å². The van der Waals surface area contributed by atoms with Crippen molar-refractivity contribution >= 4 is 5.91 Å². The SMILES string of the molecule is CC(=O)N1CCC(NCCc2ccc(F)cc2C)CC1. The van der Waals surface area contributed by atoms with Crippen molar-refractivity contribution in [1.82, 2.24) is 10.2 Å². The van der Waals surface area contributed by atoms with Crippen LogP contribution < -0.4 is 5.32 Å². The molecule has 20 heavy (non-hydrogen) atoms. The molecule has 2 rings (SSSR count). The number of aryl methyl sites for hydroxylation is 1. The molecule has 0 aliphatic carbocycles. The highest BCUT2D eigenvalue weighted by Crippen LogP contribution is 2.12. The van der Waals surface area contributed by atoms with Gasteiger partial charge in [-0.1, -0.05) is 6.07 Å². The van der Waals surface area contributed by atoms with Gasteiger partial charge in [-0.3, -0.25) is 4.79 Å². The van der Waals surface area contributed by atoms with Gasteiger partial charge in [-0.15, -0.1) is 0 Å². The molecule has 1 aliphatic rings. The average molecular weight is 278 g/mol. The van der Waals surface area contributed by atoms with E-state index < -0.39 is 0 Å². The van der Waals surface area contributed by atoms with Gasteiger partial charge in [-0.05, 0) is 56.0 Å². The van der Waals surface area contributed by atoms with E-state index in [0.717, 1.165) is 44.5 Å². The van der Waals surface area contributed by atoms with E-state index in [0.29, 0.717) is 6.04 Å². The number of carbonyl (C=O) groups excluding carboxylic acids is 1. The molecule has 0 atom stereocenters. The highest BCUT2D eigenvalue weighted by atomic mass is 19.1. The number of rotatable bonds is 4. The summed E-state index contributed by atoms with van der Waals surface area (Å²) < 4.78 is 13.0. The minimum atomic E-state index is -0.171. The lowest BCUT2D eigenvalue weighted by atomic mass is 10.0. The van der Waals surface area contributed by atoms with Gasteiger partial charge in [0.05, 0.1) is 0 Å². The van der Waals surface area contributed by atoms with E-state index >= 15 is 0 Å². The van der Waals surface area contributed by atoms with Crippen LogP contribution in [-0.2, 0) is 11.2 Å². The minimum Gasteiger partial charge on any atom is -0.343 e. The summed E-state index contributed by atoms with van der Waals surface area (Å²) in [6, 6.07) is 5.46. The van der Waals surface area contributed by atoms with Crippen molar-refractivity contribution in [3.8, 4) is 0 Å². The number of hydrogen-bond acceptors (Lipinski definition) is 2. The molecule has 0 radical (unpaired) electrons. The molecule has 3 nitrogen and oxygen atoms in total. The van der Waals surface area contributed by atoms with E-state index in [4.69, 9.17) is 0 Å². The number of nitrogens with zero attached hydrogens (tertiary/aromatic N) is 1. The Kier molecular flexibility index (Phi) is 5.12. The van der Waals surface area contributed by atoms with Crippen molar-refractivity contribution in [2.75, 3.05) is 19.6 Å². The first kappa shape index (κ1) is 15.0. The van der Waals surface area contributed by atoms with Gasteiger partial charge in [-0.25, -0.2) is 4.39 Å². The number of amides is 1. The molecule has 1 heterocycles. The maximum absolute atomic E-state index is 13.0. The van der Waals surface area contributed by atoms with Gasteiger partial charge in [0.15, 0.2) is 0 Å². The molecule has 4 heteroatoms. The van der Waals surface area contributed by atoms with E-state index in [2.05, 4.69) is 5.32 Å². The summed E-state index contributed by atoms with van der Waals surface area (Å²) >= 11 is 0. The maximum atomic E-state index is 13.0. The highest BCUT2D eigenvalue weighted by molar-refractivity contribution is 5.73. The Balaban J connectivity index is 1.73. The van der Waals surface area contributed by atoms with E-state index in [1.807, 2.05) is 17.9 Å². The molecule has 0 unspecified atom stereocenters. The first-order valence-corrected chi connectivity index (χ1v) is 7.30. The monoisotopic (exact) mass is 278 g/mol. The molecule has 0 bridgehead atoms. The zero-order chi connectivity index (χ0) is 14.5. The average Bonchev–Trinajstić information content (AvgIpc) is 2.42. The number of carbonyl (C=O) groups is 1. The van der Waals surface area contributed by atoms with Crippen molar-refractivity contribution in [3.63, 3.8) is 0 Å². The lowest BCUT2D eigenvalue weighted by Gasteiger charge is -2.31. The topological polar surface area (TPSA) is 32.3 Å². The predicted octanol–water partition coefficient (Wildman–Crippen LogP) is 2.28. The molecular weight excluding hydrogens is 255 g/mol. The Bertz CT molecular complexity index is 468. The van der Waals surface area contributed by atoms with Crippen LogP contribution in [-0.4, -0.2) is 36.5 Å². The maximum Gasteiger partial charge on any atom is 0.219 e. The second-order valence-corrected chi connectivity index (χ2v) is 5.56. The van der Waals surface area contributed by atoms with Crippen molar-refractivity contribution in [3.05, 3.63) is 35.1 Å². The number of halogens is 1. The molecule has 1 amide bonds. The standard InChI is InChI=1S/C16H23FN2O/c1-12-11-15(17)4-3-14(12)5-8-18-16-6-9-19(10-7-16)13(2)20/h3-4,11,16,18H,5-10H2,1-2H3. The van der Waals surface area contributed by atoms with Gasteiger partial charge < -0.3 is 10.2 Å². The summed E-state index contributed by atoms with van der Waals surface area (Å²) in [4.78, 5) is 13.1. The molecule has 0 spiro atoms. The van der Waals surface area contributed by atoms with Crippen LogP contribution in [0.1, 0.15) is 30.9 Å². The molecule has 110 valence electrons. The molecule has 1 aromatic carbocycles. The van der Waals surface area contributed by atoms with Crippen LogP contribution in [0, 0.1) is 12.7 Å². The van der Waals surface area contributed by atoms with Crippen LogP contribution in [0.4, 0.5) is 4.39 Å². The largest absolute Gasteiger partial charge is 0.343 e. The van der Waals surface area contributed by atoms with Gasteiger partial charge >= 0.3 is 0 Å². The lowest BCUT2D eigenvalue weighted by Crippen LogP contribution is -2.44. The summed E-state index contributed by atoms with van der Waals surface area (Å²) in [5.74, 6) is 0.00111. The summed E-state index contributed by atoms with van der Waals surface area (Å²) in [5, 5.41) is 3.54. The third-order valence-electron chi connectivity index (χ3n) is 4.07. The Hall–Kier alpha value is -1.42. The molecule has 1 aromatic rings. The van der Waals surface area contributed by atoms with Gasteiger partial charge in [0, 0.05) is 26.1 Å². The molecule has 0 saturated carbocycles. The van der Waals surface area contributed by atoms with E-state index in [9.17, 15) is 9.18 Å². The number of hydrogen-bond donors (Lipinski definition) is 1. The van der Waals surface area contributed by atoms with Crippen molar-refractivity contribution in [1.29, 1.82) is 0 Å². The molecule has 1 saturated heterocycles. The first-order chi connectivity index (χ1) is 9.56. The number of piperidine rings is 1. The van der Waals surface area contributed by atoms with E-state index in [1.54, 1.807) is 13.0 Å². The van der Waals surface area contributed by atoms with Crippen LogP contribution in [0.5, 0.6) is 0 Å². The predicted molar refractivity (Wildman–Crippen MR) is 78.1 cm³/mol. The third-order valence-corrected chi connectivity index (χ3v) is 4.07. The lowest BCUT2D eigenvalue weighted by molar-refractivity contribution is -0.129. The zero-order valence-electron chi connectivity index (χ0n) is 12.3. The van der Waals surface area contributed by atoms with Crippen LogP contribution in [0.2, 0.25) is 0 Å². The Morgan fingerprint density at radius 3 is 2.70 bits per heavy atom. The fraction of sp³-hybridized carbons (Fsp3) is 0.562. The number of nitrogens with one attached hydrogen (secondary N) is 1. The Morgan fingerprint density at radius 1 is 1.40 bits per heavy atom. The Morgan fingerprint density at radius 2 is 2.10 bits per heavy atom. The molecular formula is C16H23FN2O. The van der Waals surface area contributed by atoms with Crippen LogP contribution in [0.3, 0.4) is 0 Å². The van der Waals surface area contributed by atoms with Gasteiger partial charge in [0.25, 0.3) is 0 Å². The van der Waals surface area contributed by atoms with Crippen LogP contribution in [0.15, 0.2) is 18.2 Å². The minimum absolute atomic E-state index is 0.171. The first-order valence-electron chi connectivity index (χ1n) is 7.30. The molecule has 1 aliphatic heterocycles. The summed E-state index contributed by atoms with van der Waals surface area (Å²) in [7, 11) is 0. The summed E-state index contributed by atoms with van der Waals surface area (Å²) in [6.07, 6.45) is 2.95. The Labute approximate surface area is 120 Å². The van der Waals surface area contributed by atoms with Gasteiger partial charge in [-0.2, -0.15) is 0 Å².